The van der Waals surface area contributed by atoms with Crippen LogP contribution in [0.2, 0.25) is 0 Å². The zero-order valence-electron chi connectivity index (χ0n) is 21.2. The van der Waals surface area contributed by atoms with Crippen molar-refractivity contribution in [2.45, 2.75) is 39.2 Å². The first kappa shape index (κ1) is 24.4. The predicted octanol–water partition coefficient (Wildman–Crippen LogP) is 6.40. The Bertz CT molecular complexity index is 1150. The normalized spacial score (nSPS) is 17.6. The first-order chi connectivity index (χ1) is 17.6. The fourth-order valence-electron chi connectivity index (χ4n) is 5.54. The third kappa shape index (κ3) is 5.73. The van der Waals surface area contributed by atoms with E-state index in [9.17, 15) is 4.79 Å². The number of carbonyl (C=O) groups is 1. The molecule has 0 N–H and O–H groups in total. The van der Waals surface area contributed by atoms with E-state index < -0.39 is 0 Å². The summed E-state index contributed by atoms with van der Waals surface area (Å²) in [6.07, 6.45) is 4.57. The lowest BCUT2D eigenvalue weighted by Crippen LogP contribution is -2.48. The summed E-state index contributed by atoms with van der Waals surface area (Å²) in [5, 5.41) is 0. The zero-order valence-corrected chi connectivity index (χ0v) is 21.2. The van der Waals surface area contributed by atoms with Gasteiger partial charge in [-0.05, 0) is 87.5 Å². The summed E-state index contributed by atoms with van der Waals surface area (Å²) in [5.41, 5.74) is 2.33. The molecule has 188 valence electrons. The van der Waals surface area contributed by atoms with E-state index in [4.69, 9.17) is 9.47 Å². The Morgan fingerprint density at radius 3 is 2.22 bits per heavy atom. The molecule has 2 aliphatic heterocycles. The number of benzene rings is 3. The van der Waals surface area contributed by atoms with Gasteiger partial charge >= 0.3 is 0 Å². The van der Waals surface area contributed by atoms with Gasteiger partial charge in [0.15, 0.2) is 0 Å². The maximum Gasteiger partial charge on any atom is 0.253 e. The molecule has 1 spiro atoms. The lowest BCUT2D eigenvalue weighted by molar-refractivity contribution is 0.0283. The van der Waals surface area contributed by atoms with Gasteiger partial charge in [-0.25, -0.2) is 0 Å². The predicted molar refractivity (Wildman–Crippen MR) is 143 cm³/mol. The standard InChI is InChI=1S/C31H36N2O3/c1-2-35-29-14-7-6-9-26(29)24-32-19-15-31(16-20-32)17-21-33(22-18-31)30(34)25-10-8-13-28(23-25)36-27-11-4-3-5-12-27/h3-14,23H,2,15-22,24H2,1H3. The molecular formula is C31H36N2O3. The number of hydrogen-bond donors (Lipinski definition) is 0. The van der Waals surface area contributed by atoms with Crippen LogP contribution in [0.1, 0.15) is 48.5 Å². The highest BCUT2D eigenvalue weighted by molar-refractivity contribution is 5.94. The highest BCUT2D eigenvalue weighted by atomic mass is 16.5. The van der Waals surface area contributed by atoms with E-state index in [-0.39, 0.29) is 5.91 Å². The highest BCUT2D eigenvalue weighted by Crippen LogP contribution is 2.42. The van der Waals surface area contributed by atoms with Gasteiger partial charge in [-0.2, -0.15) is 0 Å². The second-order valence-electron chi connectivity index (χ2n) is 10.1. The monoisotopic (exact) mass is 484 g/mol. The Kier molecular flexibility index (Phi) is 7.57. The molecule has 3 aromatic carbocycles. The second kappa shape index (κ2) is 11.2. The first-order valence-electron chi connectivity index (χ1n) is 13.2. The van der Waals surface area contributed by atoms with Crippen LogP contribution in [0.5, 0.6) is 17.2 Å². The molecule has 36 heavy (non-hydrogen) atoms. The van der Waals surface area contributed by atoms with Crippen molar-refractivity contribution in [1.29, 1.82) is 0 Å². The van der Waals surface area contributed by atoms with E-state index in [0.29, 0.717) is 23.3 Å². The van der Waals surface area contributed by atoms with Gasteiger partial charge in [0, 0.05) is 30.8 Å². The van der Waals surface area contributed by atoms with Crippen molar-refractivity contribution in [3.05, 3.63) is 90.0 Å². The van der Waals surface area contributed by atoms with E-state index in [0.717, 1.165) is 57.1 Å². The lowest BCUT2D eigenvalue weighted by Gasteiger charge is -2.47. The van der Waals surface area contributed by atoms with Gasteiger partial charge in [-0.1, -0.05) is 42.5 Å². The Morgan fingerprint density at radius 2 is 1.47 bits per heavy atom. The fraction of sp³-hybridized carbons (Fsp3) is 0.387. The van der Waals surface area contributed by atoms with Crippen molar-refractivity contribution in [1.82, 2.24) is 9.80 Å². The van der Waals surface area contributed by atoms with Gasteiger partial charge in [0.2, 0.25) is 0 Å². The molecule has 5 rings (SSSR count). The summed E-state index contributed by atoms with van der Waals surface area (Å²) >= 11 is 0. The molecule has 0 radical (unpaired) electrons. The fourth-order valence-corrected chi connectivity index (χ4v) is 5.54. The molecule has 0 aliphatic carbocycles. The van der Waals surface area contributed by atoms with E-state index in [2.05, 4.69) is 23.1 Å². The summed E-state index contributed by atoms with van der Waals surface area (Å²) in [5.74, 6) is 2.58. The molecule has 5 nitrogen and oxygen atoms in total. The number of piperidine rings is 2. The van der Waals surface area contributed by atoms with Crippen LogP contribution in [0.25, 0.3) is 0 Å². The molecule has 5 heteroatoms. The van der Waals surface area contributed by atoms with Crippen molar-refractivity contribution in [3.63, 3.8) is 0 Å². The third-order valence-electron chi connectivity index (χ3n) is 7.75. The van der Waals surface area contributed by atoms with Crippen LogP contribution >= 0.6 is 0 Å². The maximum atomic E-state index is 13.3. The first-order valence-corrected chi connectivity index (χ1v) is 13.2. The Hall–Kier alpha value is -3.31. The Balaban J connectivity index is 1.14. The number of rotatable bonds is 7. The minimum atomic E-state index is 0.105. The molecule has 0 atom stereocenters. The molecule has 2 fully saturated rings. The van der Waals surface area contributed by atoms with Crippen LogP contribution in [0.3, 0.4) is 0 Å². The molecule has 0 bridgehead atoms. The Morgan fingerprint density at radius 1 is 0.806 bits per heavy atom. The molecule has 0 saturated carbocycles. The minimum Gasteiger partial charge on any atom is -0.494 e. The molecule has 0 aromatic heterocycles. The van der Waals surface area contributed by atoms with Crippen LogP contribution in [0.15, 0.2) is 78.9 Å². The average molecular weight is 485 g/mol. The van der Waals surface area contributed by atoms with E-state index in [1.54, 1.807) is 0 Å². The second-order valence-corrected chi connectivity index (χ2v) is 10.1. The summed E-state index contributed by atoms with van der Waals surface area (Å²) in [6, 6.07) is 25.6. The third-order valence-corrected chi connectivity index (χ3v) is 7.75. The summed E-state index contributed by atoms with van der Waals surface area (Å²) < 4.78 is 11.8. The van der Waals surface area contributed by atoms with Crippen molar-refractivity contribution in [2.24, 2.45) is 5.41 Å². The SMILES string of the molecule is CCOc1ccccc1CN1CCC2(CC1)CCN(C(=O)c1cccc(Oc3ccccc3)c1)CC2. The molecule has 2 aliphatic rings. The lowest BCUT2D eigenvalue weighted by atomic mass is 9.71. The van der Waals surface area contributed by atoms with Crippen LogP contribution < -0.4 is 9.47 Å². The number of nitrogens with zero attached hydrogens (tertiary/aromatic N) is 2. The van der Waals surface area contributed by atoms with Crippen molar-refractivity contribution >= 4 is 5.91 Å². The summed E-state index contributed by atoms with van der Waals surface area (Å²) in [6.45, 7) is 7.54. The van der Waals surface area contributed by atoms with Crippen LogP contribution in [0.4, 0.5) is 0 Å². The number of para-hydroxylation sites is 2. The van der Waals surface area contributed by atoms with E-state index >= 15 is 0 Å². The summed E-state index contributed by atoms with van der Waals surface area (Å²) in [4.78, 5) is 17.8. The molecule has 0 unspecified atom stereocenters. The topological polar surface area (TPSA) is 42.0 Å². The van der Waals surface area contributed by atoms with Crippen LogP contribution in [-0.2, 0) is 6.54 Å². The number of carbonyl (C=O) groups excluding carboxylic acids is 1. The van der Waals surface area contributed by atoms with Gasteiger partial charge in [-0.15, -0.1) is 0 Å². The number of likely N-dealkylation sites (tertiary alicyclic amines) is 2. The molecule has 3 aromatic rings. The summed E-state index contributed by atoms with van der Waals surface area (Å²) in [7, 11) is 0. The smallest absolute Gasteiger partial charge is 0.253 e. The minimum absolute atomic E-state index is 0.105. The van der Waals surface area contributed by atoms with Crippen LogP contribution in [0, 0.1) is 5.41 Å². The van der Waals surface area contributed by atoms with Crippen molar-refractivity contribution < 1.29 is 14.3 Å². The van der Waals surface area contributed by atoms with Crippen molar-refractivity contribution in [2.75, 3.05) is 32.8 Å². The zero-order chi connectivity index (χ0) is 24.8. The van der Waals surface area contributed by atoms with Gasteiger partial charge < -0.3 is 14.4 Å². The van der Waals surface area contributed by atoms with E-state index in [1.807, 2.05) is 72.5 Å². The highest BCUT2D eigenvalue weighted by Gasteiger charge is 2.38. The molecule has 2 heterocycles. The number of ether oxygens (including phenoxy) is 2. The molecule has 1 amide bonds. The van der Waals surface area contributed by atoms with Crippen molar-refractivity contribution in [3.8, 4) is 17.2 Å². The maximum absolute atomic E-state index is 13.3. The van der Waals surface area contributed by atoms with Gasteiger partial charge in [0.1, 0.15) is 17.2 Å². The van der Waals surface area contributed by atoms with Gasteiger partial charge in [-0.3, -0.25) is 9.69 Å². The molecular weight excluding hydrogens is 448 g/mol. The Labute approximate surface area is 214 Å². The quantitative estimate of drug-likeness (QED) is 0.389. The van der Waals surface area contributed by atoms with Gasteiger partial charge in [0.25, 0.3) is 5.91 Å². The van der Waals surface area contributed by atoms with E-state index in [1.165, 1.54) is 18.4 Å². The van der Waals surface area contributed by atoms with Gasteiger partial charge in [0.05, 0.1) is 6.61 Å². The number of hydrogen-bond acceptors (Lipinski definition) is 4. The van der Waals surface area contributed by atoms with Crippen LogP contribution in [-0.4, -0.2) is 48.5 Å². The largest absolute Gasteiger partial charge is 0.494 e. The average Bonchev–Trinajstić information content (AvgIpc) is 2.92. The molecule has 2 saturated heterocycles. The number of amides is 1.